The molecule has 1 saturated carbocycles. The third-order valence-corrected chi connectivity index (χ3v) is 9.36. The van der Waals surface area contributed by atoms with Gasteiger partial charge in [0.2, 0.25) is 17.7 Å². The highest BCUT2D eigenvalue weighted by Crippen LogP contribution is 2.46. The van der Waals surface area contributed by atoms with Crippen LogP contribution in [0, 0.1) is 11.3 Å². The number of aryl methyl sites for hydroxylation is 1. The highest BCUT2D eigenvalue weighted by Gasteiger charge is 2.49. The lowest BCUT2D eigenvalue weighted by Gasteiger charge is -2.45. The van der Waals surface area contributed by atoms with Gasteiger partial charge >= 0.3 is 0 Å². The molecule has 41 heavy (non-hydrogen) atoms. The molecule has 3 heterocycles. The normalized spacial score (nSPS) is 24.6. The second-order valence-electron chi connectivity index (χ2n) is 11.4. The Balaban J connectivity index is 1.53. The number of benzene rings is 1. The second-order valence-corrected chi connectivity index (χ2v) is 11.8. The molecule has 5 rings (SSSR count). The molecule has 2 aromatic rings. The Morgan fingerprint density at radius 1 is 1.22 bits per heavy atom. The molecule has 1 saturated heterocycles. The molecule has 0 unspecified atom stereocenters. The third kappa shape index (κ3) is 5.38. The molecule has 0 spiro atoms. The smallest absolute Gasteiger partial charge is 0.282 e. The van der Waals surface area contributed by atoms with Crippen LogP contribution < -0.4 is 10.5 Å². The quantitative estimate of drug-likeness (QED) is 0.498. The van der Waals surface area contributed by atoms with E-state index in [4.69, 9.17) is 22.1 Å². The van der Waals surface area contributed by atoms with E-state index in [1.807, 2.05) is 0 Å². The fraction of sp³-hybridized carbons (Fsp3) is 0.607. The van der Waals surface area contributed by atoms with Crippen molar-refractivity contribution >= 4 is 29.3 Å². The predicted octanol–water partition coefficient (Wildman–Crippen LogP) is 3.72. The fourth-order valence-corrected chi connectivity index (χ4v) is 6.87. The summed E-state index contributed by atoms with van der Waals surface area (Å²) in [5.74, 6) is -0.914. The summed E-state index contributed by atoms with van der Waals surface area (Å²) < 4.78 is 34.4. The Morgan fingerprint density at radius 2 is 2.00 bits per heavy atom. The summed E-state index contributed by atoms with van der Waals surface area (Å²) in [6, 6.07) is 2.72. The molecular weight excluding hydrogens is 558 g/mol. The molecule has 3 amide bonds. The van der Waals surface area contributed by atoms with Crippen LogP contribution in [-0.4, -0.2) is 62.1 Å². The summed E-state index contributed by atoms with van der Waals surface area (Å²) in [6.45, 7) is 2.62. The average molecular weight is 593 g/mol. The number of fused-ring (bicyclic) bond motifs is 1. The van der Waals surface area contributed by atoms with Crippen LogP contribution in [-0.2, 0) is 34.5 Å². The SMILES string of the molecule is Cn1nnc(COc2ccc(Cl)c3c2[C@@H](CN2CCCC2=O)N(C(=O)[C@@H]2CCCC[C@]2(C)C(N)=O)CC3)c1C(F)F. The van der Waals surface area contributed by atoms with Gasteiger partial charge in [-0.2, -0.15) is 0 Å². The lowest BCUT2D eigenvalue weighted by atomic mass is 9.66. The van der Waals surface area contributed by atoms with Gasteiger partial charge in [-0.05, 0) is 50.3 Å². The molecule has 0 radical (unpaired) electrons. The first kappa shape index (κ1) is 29.2. The number of alkyl halides is 2. The molecule has 222 valence electrons. The van der Waals surface area contributed by atoms with Crippen LogP contribution in [0.15, 0.2) is 12.1 Å². The van der Waals surface area contributed by atoms with E-state index in [0.29, 0.717) is 55.1 Å². The summed E-state index contributed by atoms with van der Waals surface area (Å²) in [4.78, 5) is 43.0. The van der Waals surface area contributed by atoms with E-state index in [1.165, 1.54) is 7.05 Å². The van der Waals surface area contributed by atoms with Crippen LogP contribution in [0.4, 0.5) is 8.78 Å². The highest BCUT2D eigenvalue weighted by molar-refractivity contribution is 6.31. The minimum absolute atomic E-state index is 0.000595. The van der Waals surface area contributed by atoms with Gasteiger partial charge in [0.15, 0.2) is 0 Å². The number of nitrogens with zero attached hydrogens (tertiary/aromatic N) is 5. The molecule has 10 nitrogen and oxygen atoms in total. The molecule has 3 aliphatic rings. The molecule has 13 heteroatoms. The Labute approximate surface area is 242 Å². The van der Waals surface area contributed by atoms with Crippen molar-refractivity contribution in [2.24, 2.45) is 24.1 Å². The zero-order valence-corrected chi connectivity index (χ0v) is 24.0. The lowest BCUT2D eigenvalue weighted by molar-refractivity contribution is -0.152. The molecule has 1 aliphatic carbocycles. The van der Waals surface area contributed by atoms with Crippen LogP contribution in [0.3, 0.4) is 0 Å². The van der Waals surface area contributed by atoms with Gasteiger partial charge in [0, 0.05) is 43.7 Å². The fourth-order valence-electron chi connectivity index (χ4n) is 6.61. The number of aromatic nitrogens is 3. The highest BCUT2D eigenvalue weighted by atomic mass is 35.5. The summed E-state index contributed by atoms with van der Waals surface area (Å²) >= 11 is 6.65. The molecule has 1 aromatic carbocycles. The number of amides is 3. The van der Waals surface area contributed by atoms with Gasteiger partial charge in [0.1, 0.15) is 23.7 Å². The predicted molar refractivity (Wildman–Crippen MR) is 145 cm³/mol. The monoisotopic (exact) mass is 592 g/mol. The van der Waals surface area contributed by atoms with Crippen molar-refractivity contribution in [3.05, 3.63) is 39.7 Å². The Bertz CT molecular complexity index is 1350. The van der Waals surface area contributed by atoms with Gasteiger partial charge in [-0.3, -0.25) is 14.4 Å². The Morgan fingerprint density at radius 3 is 2.68 bits per heavy atom. The van der Waals surface area contributed by atoms with Crippen molar-refractivity contribution in [2.45, 2.75) is 70.9 Å². The molecule has 2 aliphatic heterocycles. The summed E-state index contributed by atoms with van der Waals surface area (Å²) in [5.41, 5.74) is 5.92. The lowest BCUT2D eigenvalue weighted by Crippen LogP contribution is -2.54. The molecule has 0 bridgehead atoms. The van der Waals surface area contributed by atoms with E-state index < -0.39 is 29.7 Å². The minimum atomic E-state index is -2.79. The largest absolute Gasteiger partial charge is 0.487 e. The van der Waals surface area contributed by atoms with Crippen molar-refractivity contribution in [3.8, 4) is 5.75 Å². The maximum Gasteiger partial charge on any atom is 0.282 e. The maximum absolute atomic E-state index is 14.3. The molecule has 2 fully saturated rings. The molecular formula is C28H35ClF2N6O4. The van der Waals surface area contributed by atoms with Gasteiger partial charge in [-0.15, -0.1) is 5.10 Å². The number of carbonyl (C=O) groups excluding carboxylic acids is 3. The molecule has 1 aromatic heterocycles. The topological polar surface area (TPSA) is 124 Å². The van der Waals surface area contributed by atoms with Gasteiger partial charge in [-0.25, -0.2) is 13.5 Å². The van der Waals surface area contributed by atoms with Gasteiger partial charge in [-0.1, -0.05) is 29.7 Å². The van der Waals surface area contributed by atoms with Crippen LogP contribution in [0.5, 0.6) is 5.75 Å². The van der Waals surface area contributed by atoms with Crippen molar-refractivity contribution in [3.63, 3.8) is 0 Å². The van der Waals surface area contributed by atoms with Crippen molar-refractivity contribution in [1.82, 2.24) is 24.8 Å². The Hall–Kier alpha value is -3.28. The number of carbonyl (C=O) groups is 3. The van der Waals surface area contributed by atoms with Gasteiger partial charge in [0.05, 0.1) is 17.4 Å². The number of hydrogen-bond acceptors (Lipinski definition) is 6. The zero-order valence-electron chi connectivity index (χ0n) is 23.2. The number of halogens is 3. The van der Waals surface area contributed by atoms with Crippen molar-refractivity contribution in [1.29, 1.82) is 0 Å². The Kier molecular flexibility index (Phi) is 8.22. The minimum Gasteiger partial charge on any atom is -0.487 e. The van der Waals surface area contributed by atoms with Gasteiger partial charge < -0.3 is 20.3 Å². The van der Waals surface area contributed by atoms with Crippen molar-refractivity contribution in [2.75, 3.05) is 19.6 Å². The number of ether oxygens (including phenoxy) is 1. The number of rotatable bonds is 8. The van der Waals surface area contributed by atoms with E-state index in [1.54, 1.807) is 28.9 Å². The van der Waals surface area contributed by atoms with Crippen LogP contribution in [0.2, 0.25) is 5.02 Å². The number of likely N-dealkylation sites (tertiary alicyclic amines) is 1. The van der Waals surface area contributed by atoms with E-state index in [9.17, 15) is 23.2 Å². The van der Waals surface area contributed by atoms with Crippen LogP contribution >= 0.6 is 11.6 Å². The first-order valence-corrected chi connectivity index (χ1v) is 14.4. The van der Waals surface area contributed by atoms with Crippen LogP contribution in [0.25, 0.3) is 0 Å². The average Bonchev–Trinajstić information content (AvgIpc) is 3.52. The first-order chi connectivity index (χ1) is 19.5. The van der Waals surface area contributed by atoms with E-state index in [-0.39, 0.29) is 36.4 Å². The van der Waals surface area contributed by atoms with E-state index in [0.717, 1.165) is 29.5 Å². The zero-order chi connectivity index (χ0) is 29.5. The van der Waals surface area contributed by atoms with Crippen LogP contribution in [0.1, 0.15) is 80.4 Å². The standard InChI is InChI=1S/C28H35ClF2N6O4/c1-28(27(32)40)11-4-3-6-17(28)26(39)37-13-10-16-18(29)8-9-21(23(16)20(37)14-36-12-5-7-22(36)38)41-15-19-24(25(30)31)35(2)34-33-19/h8-9,17,20,25H,3-7,10-15H2,1-2H3,(H2,32,40)/t17-,20+,28-/m0/s1. The van der Waals surface area contributed by atoms with E-state index in [2.05, 4.69) is 10.3 Å². The number of primary amides is 1. The van der Waals surface area contributed by atoms with E-state index >= 15 is 0 Å². The third-order valence-electron chi connectivity index (χ3n) is 9.00. The summed E-state index contributed by atoms with van der Waals surface area (Å²) in [7, 11) is 1.39. The molecule has 2 N–H and O–H groups in total. The summed E-state index contributed by atoms with van der Waals surface area (Å²) in [6.07, 6.45) is 1.48. The molecule has 3 atom stereocenters. The first-order valence-electron chi connectivity index (χ1n) is 14.0. The summed E-state index contributed by atoms with van der Waals surface area (Å²) in [5, 5.41) is 8.05. The maximum atomic E-state index is 14.3. The van der Waals surface area contributed by atoms with Gasteiger partial charge in [0.25, 0.3) is 6.43 Å². The second kappa shape index (κ2) is 11.5. The van der Waals surface area contributed by atoms with Crippen molar-refractivity contribution < 1.29 is 27.9 Å². The number of hydrogen-bond donors (Lipinski definition) is 1. The number of nitrogens with two attached hydrogens (primary N) is 1.